The first-order valence-electron chi connectivity index (χ1n) is 9.99. The van der Waals surface area contributed by atoms with E-state index in [1.807, 2.05) is 0 Å². The summed E-state index contributed by atoms with van der Waals surface area (Å²) in [6, 6.07) is 13.9. The van der Waals surface area contributed by atoms with Crippen molar-refractivity contribution in [2.24, 2.45) is 0 Å². The highest BCUT2D eigenvalue weighted by molar-refractivity contribution is 5.78. The van der Waals surface area contributed by atoms with Gasteiger partial charge in [0.15, 0.2) is 0 Å². The van der Waals surface area contributed by atoms with Gasteiger partial charge in [-0.1, -0.05) is 18.2 Å². The van der Waals surface area contributed by atoms with Gasteiger partial charge in [0.05, 0.1) is 19.6 Å². The number of nitrogens with one attached hydrogen (secondary N) is 1. The van der Waals surface area contributed by atoms with Crippen LogP contribution in [0.3, 0.4) is 0 Å². The normalized spacial score (nSPS) is 10.4. The number of hydrogen-bond donors (Lipinski definition) is 1. The maximum Gasteiger partial charge on any atom is 0.293 e. The third-order valence-electron chi connectivity index (χ3n) is 4.54. The first kappa shape index (κ1) is 22.9. The Bertz CT molecular complexity index is 1060. The van der Waals surface area contributed by atoms with Crippen LogP contribution < -0.4 is 10.1 Å². The van der Waals surface area contributed by atoms with Crippen LogP contribution in [-0.4, -0.2) is 30.6 Å². The van der Waals surface area contributed by atoms with Crippen LogP contribution in [0.2, 0.25) is 0 Å². The summed E-state index contributed by atoms with van der Waals surface area (Å²) in [5.41, 5.74) is 2.12. The van der Waals surface area contributed by atoms with E-state index in [1.54, 1.807) is 36.4 Å². The second-order valence-corrected chi connectivity index (χ2v) is 6.93. The number of ether oxygens (including phenoxy) is 2. The van der Waals surface area contributed by atoms with E-state index in [0.29, 0.717) is 47.6 Å². The standard InChI is InChI=1S/C24H22F2N2O4/c25-19-4-1-3-17(11-19)14-28-24(30)12-20-6-5-18(15-27-20)22-8-7-21(13-23(22)26)32-10-2-9-31-16-29/h1,3-8,11,13,15-16H,2,9-10,12,14H2,(H,28,30). The molecule has 2 aromatic carbocycles. The van der Waals surface area contributed by atoms with Crippen molar-refractivity contribution in [2.75, 3.05) is 13.2 Å². The van der Waals surface area contributed by atoms with Crippen LogP contribution in [0, 0.1) is 11.6 Å². The average Bonchev–Trinajstić information content (AvgIpc) is 2.78. The molecular weight excluding hydrogens is 418 g/mol. The minimum absolute atomic E-state index is 0.0542. The number of amides is 1. The molecule has 0 unspecified atom stereocenters. The first-order chi connectivity index (χ1) is 15.5. The summed E-state index contributed by atoms with van der Waals surface area (Å²) in [5, 5.41) is 2.72. The molecule has 0 saturated heterocycles. The highest BCUT2D eigenvalue weighted by Crippen LogP contribution is 2.26. The molecule has 1 heterocycles. The molecule has 0 atom stereocenters. The van der Waals surface area contributed by atoms with Gasteiger partial charge in [0, 0.05) is 42.0 Å². The zero-order chi connectivity index (χ0) is 22.8. The molecule has 0 saturated carbocycles. The van der Waals surface area contributed by atoms with Crippen molar-refractivity contribution < 1.29 is 27.8 Å². The molecule has 3 aromatic rings. The number of halogens is 2. The molecule has 1 N–H and O–H groups in total. The monoisotopic (exact) mass is 440 g/mol. The molecule has 166 valence electrons. The Hall–Kier alpha value is -3.81. The summed E-state index contributed by atoms with van der Waals surface area (Å²) in [6.07, 6.45) is 2.06. The van der Waals surface area contributed by atoms with Crippen molar-refractivity contribution in [3.05, 3.63) is 83.7 Å². The van der Waals surface area contributed by atoms with Crippen molar-refractivity contribution in [2.45, 2.75) is 19.4 Å². The Morgan fingerprint density at radius 2 is 1.94 bits per heavy atom. The highest BCUT2D eigenvalue weighted by Gasteiger charge is 2.10. The summed E-state index contributed by atoms with van der Waals surface area (Å²) in [4.78, 5) is 26.4. The molecule has 8 heteroatoms. The van der Waals surface area contributed by atoms with E-state index < -0.39 is 5.82 Å². The van der Waals surface area contributed by atoms with Crippen molar-refractivity contribution in [1.29, 1.82) is 0 Å². The van der Waals surface area contributed by atoms with Gasteiger partial charge in [-0.3, -0.25) is 14.6 Å². The highest BCUT2D eigenvalue weighted by atomic mass is 19.1. The molecule has 6 nitrogen and oxygen atoms in total. The molecular formula is C24H22F2N2O4. The number of aromatic nitrogens is 1. The van der Waals surface area contributed by atoms with Crippen molar-refractivity contribution in [1.82, 2.24) is 10.3 Å². The lowest BCUT2D eigenvalue weighted by Crippen LogP contribution is -2.24. The number of carbonyl (C=O) groups is 2. The molecule has 1 amide bonds. The minimum atomic E-state index is -0.464. The zero-order valence-electron chi connectivity index (χ0n) is 17.2. The number of carbonyl (C=O) groups excluding carboxylic acids is 2. The van der Waals surface area contributed by atoms with Crippen LogP contribution in [0.15, 0.2) is 60.8 Å². The molecule has 1 aromatic heterocycles. The lowest BCUT2D eigenvalue weighted by molar-refractivity contribution is -0.129. The fraction of sp³-hybridized carbons (Fsp3) is 0.208. The van der Waals surface area contributed by atoms with E-state index in [4.69, 9.17) is 4.74 Å². The number of hydrogen-bond acceptors (Lipinski definition) is 5. The lowest BCUT2D eigenvalue weighted by Gasteiger charge is -2.09. The largest absolute Gasteiger partial charge is 0.493 e. The van der Waals surface area contributed by atoms with E-state index in [0.717, 1.165) is 0 Å². The molecule has 0 aliphatic heterocycles. The van der Waals surface area contributed by atoms with E-state index in [1.165, 1.54) is 24.4 Å². The summed E-state index contributed by atoms with van der Waals surface area (Å²) in [7, 11) is 0. The predicted octanol–water partition coefficient (Wildman–Crippen LogP) is 3.83. The topological polar surface area (TPSA) is 77.5 Å². The second-order valence-electron chi connectivity index (χ2n) is 6.93. The first-order valence-corrected chi connectivity index (χ1v) is 9.99. The second kappa shape index (κ2) is 11.5. The van der Waals surface area contributed by atoms with Gasteiger partial charge >= 0.3 is 0 Å². The fourth-order valence-corrected chi connectivity index (χ4v) is 2.96. The minimum Gasteiger partial charge on any atom is -0.493 e. The number of rotatable bonds is 11. The van der Waals surface area contributed by atoms with Crippen LogP contribution in [0.5, 0.6) is 5.75 Å². The van der Waals surface area contributed by atoms with E-state index in [2.05, 4.69) is 15.0 Å². The Balaban J connectivity index is 1.53. The van der Waals surface area contributed by atoms with Gasteiger partial charge in [-0.25, -0.2) is 8.78 Å². The van der Waals surface area contributed by atoms with E-state index in [9.17, 15) is 18.4 Å². The molecule has 0 fully saturated rings. The Morgan fingerprint density at radius 3 is 2.66 bits per heavy atom. The molecule has 0 aliphatic carbocycles. The number of pyridine rings is 1. The van der Waals surface area contributed by atoms with Crippen LogP contribution in [0.1, 0.15) is 17.7 Å². The van der Waals surface area contributed by atoms with Gasteiger partial charge in [0.1, 0.15) is 17.4 Å². The van der Waals surface area contributed by atoms with Crippen molar-refractivity contribution in [3.63, 3.8) is 0 Å². The molecule has 0 spiro atoms. The molecule has 0 radical (unpaired) electrons. The predicted molar refractivity (Wildman–Crippen MR) is 114 cm³/mol. The van der Waals surface area contributed by atoms with Crippen LogP contribution in [0.25, 0.3) is 11.1 Å². The molecule has 0 bridgehead atoms. The Labute approximate surface area is 184 Å². The SMILES string of the molecule is O=COCCCOc1ccc(-c2ccc(CC(=O)NCc3cccc(F)c3)nc2)c(F)c1. The van der Waals surface area contributed by atoms with Gasteiger partial charge < -0.3 is 14.8 Å². The van der Waals surface area contributed by atoms with E-state index >= 15 is 0 Å². The third-order valence-corrected chi connectivity index (χ3v) is 4.54. The van der Waals surface area contributed by atoms with Crippen LogP contribution in [0.4, 0.5) is 8.78 Å². The molecule has 3 rings (SSSR count). The summed E-state index contributed by atoms with van der Waals surface area (Å²) in [5.74, 6) is -0.698. The molecule has 32 heavy (non-hydrogen) atoms. The summed E-state index contributed by atoms with van der Waals surface area (Å²) < 4.78 is 37.7. The van der Waals surface area contributed by atoms with Crippen LogP contribution >= 0.6 is 0 Å². The third kappa shape index (κ3) is 6.87. The van der Waals surface area contributed by atoms with Gasteiger partial charge in [-0.2, -0.15) is 0 Å². The van der Waals surface area contributed by atoms with Gasteiger partial charge in [0.2, 0.25) is 5.91 Å². The fourth-order valence-electron chi connectivity index (χ4n) is 2.96. The van der Waals surface area contributed by atoms with Gasteiger partial charge in [-0.05, 0) is 35.9 Å². The van der Waals surface area contributed by atoms with Gasteiger partial charge in [-0.15, -0.1) is 0 Å². The van der Waals surface area contributed by atoms with Gasteiger partial charge in [0.25, 0.3) is 6.47 Å². The Morgan fingerprint density at radius 1 is 1.06 bits per heavy atom. The number of nitrogens with zero attached hydrogens (tertiary/aromatic N) is 1. The van der Waals surface area contributed by atoms with Crippen molar-refractivity contribution >= 4 is 12.4 Å². The lowest BCUT2D eigenvalue weighted by atomic mass is 10.1. The quantitative estimate of drug-likeness (QED) is 0.362. The zero-order valence-corrected chi connectivity index (χ0v) is 17.2. The molecule has 0 aliphatic rings. The smallest absolute Gasteiger partial charge is 0.293 e. The number of benzene rings is 2. The maximum atomic E-state index is 14.5. The Kier molecular flexibility index (Phi) is 8.25. The summed E-state index contributed by atoms with van der Waals surface area (Å²) in [6.45, 7) is 1.13. The maximum absolute atomic E-state index is 14.5. The summed E-state index contributed by atoms with van der Waals surface area (Å²) >= 11 is 0. The van der Waals surface area contributed by atoms with Crippen LogP contribution in [-0.2, 0) is 27.3 Å². The van der Waals surface area contributed by atoms with Crippen molar-refractivity contribution in [3.8, 4) is 16.9 Å². The average molecular weight is 440 g/mol. The van der Waals surface area contributed by atoms with E-state index in [-0.39, 0.29) is 31.3 Å².